The third-order valence-electron chi connectivity index (χ3n) is 7.08. The summed E-state index contributed by atoms with van der Waals surface area (Å²) < 4.78 is 90.8. The second-order valence-corrected chi connectivity index (χ2v) is 9.48. The molecule has 0 aromatic heterocycles. The fourth-order valence-electron chi connectivity index (χ4n) is 5.10. The van der Waals surface area contributed by atoms with Gasteiger partial charge in [-0.05, 0) is 90.8 Å². The van der Waals surface area contributed by atoms with Crippen LogP contribution < -0.4 is 4.74 Å². The van der Waals surface area contributed by atoms with Gasteiger partial charge in [0.15, 0.2) is 0 Å². The minimum Gasteiger partial charge on any atom is -0.497 e. The first-order valence-corrected chi connectivity index (χ1v) is 12.1. The number of halogens is 6. The second kappa shape index (κ2) is 10.5. The van der Waals surface area contributed by atoms with Gasteiger partial charge in [0.05, 0.1) is 30.9 Å². The maximum absolute atomic E-state index is 13.4. The Labute approximate surface area is 215 Å². The Kier molecular flexibility index (Phi) is 7.69. The number of amides is 1. The Balaban J connectivity index is 1.68. The number of aliphatic hydroxyl groups is 1. The van der Waals surface area contributed by atoms with Crippen LogP contribution in [0.25, 0.3) is 5.57 Å². The normalized spacial score (nSPS) is 20.7. The number of rotatable bonds is 6. The van der Waals surface area contributed by atoms with Gasteiger partial charge in [-0.25, -0.2) is 4.79 Å². The van der Waals surface area contributed by atoms with Crippen LogP contribution in [0, 0.1) is 0 Å². The van der Waals surface area contributed by atoms with E-state index in [0.717, 1.165) is 29.6 Å². The molecule has 1 N–H and O–H groups in total. The Bertz CT molecular complexity index is 1200. The van der Waals surface area contributed by atoms with Gasteiger partial charge in [-0.1, -0.05) is 6.07 Å². The van der Waals surface area contributed by atoms with Crippen LogP contribution in [-0.2, 0) is 23.7 Å². The molecule has 1 fully saturated rings. The molecule has 11 heteroatoms. The van der Waals surface area contributed by atoms with Crippen molar-refractivity contribution in [2.24, 2.45) is 0 Å². The summed E-state index contributed by atoms with van der Waals surface area (Å²) in [5, 5.41) is 9.92. The number of hydrogen-bond acceptors (Lipinski definition) is 4. The zero-order chi connectivity index (χ0) is 27.8. The summed E-state index contributed by atoms with van der Waals surface area (Å²) >= 11 is 0. The van der Waals surface area contributed by atoms with E-state index in [4.69, 9.17) is 9.47 Å². The number of benzene rings is 2. The van der Waals surface area contributed by atoms with Gasteiger partial charge in [-0.3, -0.25) is 4.90 Å². The molecule has 0 spiro atoms. The van der Waals surface area contributed by atoms with Crippen LogP contribution in [0.4, 0.5) is 31.1 Å². The molecule has 2 aromatic carbocycles. The van der Waals surface area contributed by atoms with Gasteiger partial charge < -0.3 is 14.6 Å². The predicted octanol–water partition coefficient (Wildman–Crippen LogP) is 7.13. The lowest BCUT2D eigenvalue weighted by atomic mass is 9.85. The molecule has 1 aliphatic heterocycles. The zero-order valence-corrected chi connectivity index (χ0v) is 20.7. The van der Waals surface area contributed by atoms with E-state index in [0.29, 0.717) is 36.3 Å². The molecular weight excluding hydrogens is 516 g/mol. The van der Waals surface area contributed by atoms with E-state index < -0.39 is 41.7 Å². The lowest BCUT2D eigenvalue weighted by Gasteiger charge is -2.28. The standard InChI is InChI=1S/C27H27F6NO4/c1-15-24(17-9-19(26(28,29)30)12-20(10-17)27(31,32)33)38-25(36)34(15)13-16-5-3-4-6-22(16)23-8-7-21(37-2)11-18(23)14-35/h7-12,15,24,35H,3-6,13-14H2,1-2H3/t15-,24-/m0/s1. The highest BCUT2D eigenvalue weighted by molar-refractivity contribution is 5.75. The van der Waals surface area contributed by atoms with Crippen molar-refractivity contribution < 1.29 is 45.7 Å². The highest BCUT2D eigenvalue weighted by atomic mass is 19.4. The Morgan fingerprint density at radius 2 is 1.63 bits per heavy atom. The van der Waals surface area contributed by atoms with Crippen LogP contribution in [0.2, 0.25) is 0 Å². The number of methoxy groups -OCH3 is 1. The van der Waals surface area contributed by atoms with Crippen LogP contribution in [0.15, 0.2) is 42.0 Å². The van der Waals surface area contributed by atoms with Crippen molar-refractivity contribution in [2.75, 3.05) is 13.7 Å². The van der Waals surface area contributed by atoms with Gasteiger partial charge in [-0.2, -0.15) is 26.3 Å². The number of aliphatic hydroxyl groups excluding tert-OH is 1. The molecule has 2 aromatic rings. The zero-order valence-electron chi connectivity index (χ0n) is 20.7. The van der Waals surface area contributed by atoms with Crippen molar-refractivity contribution in [3.63, 3.8) is 0 Å². The number of nitrogens with zero attached hydrogens (tertiary/aromatic N) is 1. The molecule has 0 radical (unpaired) electrons. The van der Waals surface area contributed by atoms with Crippen LogP contribution in [-0.4, -0.2) is 35.8 Å². The molecule has 2 atom stereocenters. The average molecular weight is 544 g/mol. The quantitative estimate of drug-likeness (QED) is 0.394. The molecule has 1 heterocycles. The topological polar surface area (TPSA) is 59.0 Å². The summed E-state index contributed by atoms with van der Waals surface area (Å²) in [6, 6.07) is 5.75. The van der Waals surface area contributed by atoms with E-state index in [1.807, 2.05) is 6.07 Å². The number of alkyl halides is 6. The molecule has 38 heavy (non-hydrogen) atoms. The summed E-state index contributed by atoms with van der Waals surface area (Å²) in [7, 11) is 1.51. The minimum atomic E-state index is -5.01. The fraction of sp³-hybridized carbons (Fsp3) is 0.444. The molecule has 1 amide bonds. The van der Waals surface area contributed by atoms with Crippen LogP contribution in [0.5, 0.6) is 5.75 Å². The van der Waals surface area contributed by atoms with Gasteiger partial charge in [0.2, 0.25) is 0 Å². The molecule has 0 saturated carbocycles. The summed E-state index contributed by atoms with van der Waals surface area (Å²) in [4.78, 5) is 14.2. The van der Waals surface area contributed by atoms with E-state index in [9.17, 15) is 36.2 Å². The molecule has 206 valence electrons. The van der Waals surface area contributed by atoms with Crippen LogP contribution in [0.1, 0.15) is 66.5 Å². The average Bonchev–Trinajstić information content (AvgIpc) is 3.15. The summed E-state index contributed by atoms with van der Waals surface area (Å²) in [6.45, 7) is 1.41. The van der Waals surface area contributed by atoms with Gasteiger partial charge >= 0.3 is 18.4 Å². The lowest BCUT2D eigenvalue weighted by Crippen LogP contribution is -2.34. The first kappa shape index (κ1) is 27.8. The summed E-state index contributed by atoms with van der Waals surface area (Å²) in [5.41, 5.74) is 0.0240. The largest absolute Gasteiger partial charge is 0.497 e. The first-order valence-electron chi connectivity index (χ1n) is 12.1. The summed E-state index contributed by atoms with van der Waals surface area (Å²) in [6.07, 6.45) is -9.06. The van der Waals surface area contributed by atoms with E-state index in [1.165, 1.54) is 12.0 Å². The second-order valence-electron chi connectivity index (χ2n) is 9.48. The van der Waals surface area contributed by atoms with Crippen molar-refractivity contribution in [3.05, 3.63) is 69.8 Å². The lowest BCUT2D eigenvalue weighted by molar-refractivity contribution is -0.143. The van der Waals surface area contributed by atoms with E-state index >= 15 is 0 Å². The van der Waals surface area contributed by atoms with Crippen LogP contribution in [0.3, 0.4) is 0 Å². The molecule has 5 nitrogen and oxygen atoms in total. The molecule has 0 bridgehead atoms. The van der Waals surface area contributed by atoms with E-state index in [1.54, 1.807) is 19.1 Å². The van der Waals surface area contributed by atoms with E-state index in [2.05, 4.69) is 0 Å². The Hall–Kier alpha value is -3.21. The monoisotopic (exact) mass is 543 g/mol. The maximum Gasteiger partial charge on any atom is 0.416 e. The molecule has 1 saturated heterocycles. The Morgan fingerprint density at radius 3 is 2.21 bits per heavy atom. The van der Waals surface area contributed by atoms with E-state index in [-0.39, 0.29) is 24.8 Å². The van der Waals surface area contributed by atoms with Crippen molar-refractivity contribution >= 4 is 11.7 Å². The first-order chi connectivity index (χ1) is 17.8. The fourth-order valence-corrected chi connectivity index (χ4v) is 5.10. The highest BCUT2D eigenvalue weighted by Crippen LogP contribution is 2.42. The minimum absolute atomic E-state index is 0.0510. The predicted molar refractivity (Wildman–Crippen MR) is 126 cm³/mol. The maximum atomic E-state index is 13.4. The molecular formula is C27H27F6NO4. The number of ether oxygens (including phenoxy) is 2. The SMILES string of the molecule is COc1ccc(C2=C(CN3C(=O)O[C@H](c4cc(C(F)(F)F)cc(C(F)(F)F)c4)[C@@H]3C)CCCC2)c(CO)c1. The summed E-state index contributed by atoms with van der Waals surface area (Å²) in [5.74, 6) is 0.578. The number of hydrogen-bond donors (Lipinski definition) is 1. The third-order valence-corrected chi connectivity index (χ3v) is 7.08. The highest BCUT2D eigenvalue weighted by Gasteiger charge is 2.43. The van der Waals surface area contributed by atoms with Crippen LogP contribution >= 0.6 is 0 Å². The number of carbonyl (C=O) groups excluding carboxylic acids is 1. The molecule has 2 aliphatic rings. The van der Waals surface area contributed by atoms with Crippen molar-refractivity contribution in [2.45, 2.75) is 63.7 Å². The van der Waals surface area contributed by atoms with Crippen molar-refractivity contribution in [1.82, 2.24) is 4.90 Å². The van der Waals surface area contributed by atoms with Gasteiger partial charge in [0.1, 0.15) is 11.9 Å². The van der Waals surface area contributed by atoms with Gasteiger partial charge in [-0.15, -0.1) is 0 Å². The van der Waals surface area contributed by atoms with Crippen molar-refractivity contribution in [3.8, 4) is 5.75 Å². The number of cyclic esters (lactones) is 1. The third kappa shape index (κ3) is 5.62. The molecule has 1 aliphatic carbocycles. The van der Waals surface area contributed by atoms with Gasteiger partial charge in [0.25, 0.3) is 0 Å². The molecule has 0 unspecified atom stereocenters. The smallest absolute Gasteiger partial charge is 0.416 e. The van der Waals surface area contributed by atoms with Crippen molar-refractivity contribution in [1.29, 1.82) is 0 Å². The number of carbonyl (C=O) groups is 1. The molecule has 4 rings (SSSR count). The number of allylic oxidation sites excluding steroid dienone is 1. The van der Waals surface area contributed by atoms with Gasteiger partial charge in [0, 0.05) is 6.54 Å². The Morgan fingerprint density at radius 1 is 1.00 bits per heavy atom.